The molecule has 0 amide bonds. The monoisotopic (exact) mass is 509 g/mol. The lowest BCUT2D eigenvalue weighted by atomic mass is 9.92. The van der Waals surface area contributed by atoms with Gasteiger partial charge in [-0.1, -0.05) is 34.6 Å². The van der Waals surface area contributed by atoms with Crippen molar-refractivity contribution < 1.29 is 18.1 Å². The van der Waals surface area contributed by atoms with E-state index in [1.807, 2.05) is 13.8 Å². The fourth-order valence-electron chi connectivity index (χ4n) is 3.49. The van der Waals surface area contributed by atoms with Crippen LogP contribution >= 0.6 is 7.95 Å². The van der Waals surface area contributed by atoms with Crippen LogP contribution in [0.15, 0.2) is 27.8 Å². The van der Waals surface area contributed by atoms with Crippen LogP contribution in [0.1, 0.15) is 52.3 Å². The van der Waals surface area contributed by atoms with E-state index >= 15 is 0 Å². The molecule has 1 aromatic heterocycles. The van der Waals surface area contributed by atoms with Crippen molar-refractivity contribution in [3.8, 4) is 5.75 Å². The standard InChI is InChI=1S/C22H32N5O5PS/c1-13(2)11-16-19(28)18(21(29)27(24-16)10-9-22(3,4)5)20-23-15-8-7-14(26-34(6,31)32)12-17(15)33(30)25-20/h7-8,12-13,26,28,33H,9-11H2,1-6H3,(H,23,25,30). The summed E-state index contributed by atoms with van der Waals surface area (Å²) in [6.07, 6.45) is 2.17. The Kier molecular flexibility index (Phi) is 7.28. The summed E-state index contributed by atoms with van der Waals surface area (Å²) >= 11 is 0. The first-order valence-corrected chi connectivity index (χ1v) is 14.2. The molecular weight excluding hydrogens is 477 g/mol. The van der Waals surface area contributed by atoms with E-state index in [0.29, 0.717) is 36.1 Å². The molecule has 1 aliphatic rings. The molecule has 1 aliphatic heterocycles. The third kappa shape index (κ3) is 6.27. The van der Waals surface area contributed by atoms with Crippen LogP contribution in [0.2, 0.25) is 0 Å². The molecule has 0 aliphatic carbocycles. The number of hydrogen-bond acceptors (Lipinski definition) is 7. The number of amidine groups is 1. The number of anilines is 2. The first-order valence-electron chi connectivity index (χ1n) is 11.0. The van der Waals surface area contributed by atoms with Gasteiger partial charge in [-0.15, -0.1) is 0 Å². The van der Waals surface area contributed by atoms with Gasteiger partial charge < -0.3 is 10.4 Å². The molecule has 0 radical (unpaired) electrons. The smallest absolute Gasteiger partial charge is 0.281 e. The van der Waals surface area contributed by atoms with Crippen LogP contribution in [-0.4, -0.2) is 35.4 Å². The SMILES string of the molecule is CC(C)Cc1nn(CCC(C)(C)C)c(=O)c(C2=N[PH](=O)c3cc(NS(C)(=O)=O)ccc3N2)c1O. The van der Waals surface area contributed by atoms with E-state index in [2.05, 4.69) is 40.7 Å². The molecule has 3 N–H and O–H groups in total. The van der Waals surface area contributed by atoms with E-state index < -0.39 is 23.5 Å². The van der Waals surface area contributed by atoms with Gasteiger partial charge >= 0.3 is 0 Å². The molecule has 0 saturated carbocycles. The summed E-state index contributed by atoms with van der Waals surface area (Å²) in [5.74, 6) is -0.0770. The number of aromatic hydroxyl groups is 1. The Hall–Kier alpha value is -2.65. The highest BCUT2D eigenvalue weighted by Crippen LogP contribution is 2.34. The molecule has 2 heterocycles. The molecule has 12 heteroatoms. The Bertz CT molecular complexity index is 1330. The van der Waals surface area contributed by atoms with Crippen LogP contribution < -0.4 is 20.9 Å². The van der Waals surface area contributed by atoms with Gasteiger partial charge in [-0.05, 0) is 42.4 Å². The lowest BCUT2D eigenvalue weighted by Crippen LogP contribution is -2.35. The van der Waals surface area contributed by atoms with Crippen molar-refractivity contribution in [3.05, 3.63) is 39.8 Å². The average molecular weight is 510 g/mol. The van der Waals surface area contributed by atoms with Crippen LogP contribution in [0.5, 0.6) is 5.75 Å². The van der Waals surface area contributed by atoms with Crippen LogP contribution in [0.25, 0.3) is 0 Å². The first kappa shape index (κ1) is 26.0. The molecule has 1 unspecified atom stereocenters. The summed E-state index contributed by atoms with van der Waals surface area (Å²) in [5.41, 5.74) is 0.447. The first-order chi connectivity index (χ1) is 15.6. The fourth-order valence-corrected chi connectivity index (χ4v) is 5.19. The topological polar surface area (TPSA) is 143 Å². The largest absolute Gasteiger partial charge is 0.505 e. The number of nitrogens with one attached hydrogen (secondary N) is 2. The Morgan fingerprint density at radius 3 is 2.53 bits per heavy atom. The van der Waals surface area contributed by atoms with Crippen LogP contribution in [0, 0.1) is 11.3 Å². The Labute approximate surface area is 200 Å². The van der Waals surface area contributed by atoms with Crippen LogP contribution in [0.3, 0.4) is 0 Å². The maximum atomic E-state index is 13.3. The molecule has 10 nitrogen and oxygen atoms in total. The molecule has 0 spiro atoms. The summed E-state index contributed by atoms with van der Waals surface area (Å²) in [4.78, 5) is 13.3. The van der Waals surface area contributed by atoms with Crippen molar-refractivity contribution in [2.75, 3.05) is 16.3 Å². The van der Waals surface area contributed by atoms with Gasteiger partial charge in [0.15, 0.2) is 5.75 Å². The van der Waals surface area contributed by atoms with Gasteiger partial charge in [-0.3, -0.25) is 14.1 Å². The fraction of sp³-hybridized carbons (Fsp3) is 0.500. The minimum atomic E-state index is -3.50. The van der Waals surface area contributed by atoms with E-state index in [-0.39, 0.29) is 34.2 Å². The van der Waals surface area contributed by atoms with E-state index in [1.54, 1.807) is 6.07 Å². The zero-order valence-corrected chi connectivity index (χ0v) is 22.1. The minimum Gasteiger partial charge on any atom is -0.505 e. The second-order valence-electron chi connectivity index (χ2n) is 10.1. The number of rotatable bonds is 7. The third-order valence-corrected chi connectivity index (χ3v) is 7.04. The third-order valence-electron chi connectivity index (χ3n) is 5.13. The molecule has 0 bridgehead atoms. The van der Waals surface area contributed by atoms with Crippen LogP contribution in [-0.2, 0) is 27.6 Å². The normalized spacial score (nSPS) is 16.1. The second-order valence-corrected chi connectivity index (χ2v) is 13.3. The second kappa shape index (κ2) is 9.54. The van der Waals surface area contributed by atoms with E-state index in [1.165, 1.54) is 16.8 Å². The number of aromatic nitrogens is 2. The summed E-state index contributed by atoms with van der Waals surface area (Å²) < 4.78 is 43.9. The molecule has 1 aromatic carbocycles. The predicted molar refractivity (Wildman–Crippen MR) is 136 cm³/mol. The molecule has 0 saturated heterocycles. The van der Waals surface area contributed by atoms with Gasteiger partial charge in [0.25, 0.3) is 5.56 Å². The van der Waals surface area contributed by atoms with Crippen molar-refractivity contribution in [2.45, 2.75) is 54.0 Å². The van der Waals surface area contributed by atoms with Gasteiger partial charge in [-0.2, -0.15) is 5.10 Å². The summed E-state index contributed by atoms with van der Waals surface area (Å²) in [6, 6.07) is 4.53. The molecule has 0 fully saturated rings. The molecule has 1 atom stereocenters. The number of fused-ring (bicyclic) bond motifs is 1. The summed E-state index contributed by atoms with van der Waals surface area (Å²) in [7, 11) is -6.28. The quantitative estimate of drug-likeness (QED) is 0.487. The summed E-state index contributed by atoms with van der Waals surface area (Å²) in [5, 5.41) is 18.7. The zero-order chi connectivity index (χ0) is 25.4. The highest BCUT2D eigenvalue weighted by molar-refractivity contribution is 7.92. The van der Waals surface area contributed by atoms with Crippen molar-refractivity contribution in [1.82, 2.24) is 9.78 Å². The number of sulfonamides is 1. The average Bonchev–Trinajstić information content (AvgIpc) is 2.67. The Morgan fingerprint density at radius 2 is 1.94 bits per heavy atom. The number of nitrogens with zero attached hydrogens (tertiary/aromatic N) is 3. The molecule has 186 valence electrons. The van der Waals surface area contributed by atoms with Crippen molar-refractivity contribution in [3.63, 3.8) is 0 Å². The van der Waals surface area contributed by atoms with Gasteiger partial charge in [0, 0.05) is 12.2 Å². The van der Waals surface area contributed by atoms with Gasteiger partial charge in [0.2, 0.25) is 18.0 Å². The van der Waals surface area contributed by atoms with E-state index in [0.717, 1.165) is 6.26 Å². The van der Waals surface area contributed by atoms with Crippen molar-refractivity contribution >= 4 is 40.5 Å². The van der Waals surface area contributed by atoms with Crippen LogP contribution in [0.4, 0.5) is 11.4 Å². The lowest BCUT2D eigenvalue weighted by molar-refractivity contribution is 0.332. The Morgan fingerprint density at radius 1 is 1.26 bits per heavy atom. The van der Waals surface area contributed by atoms with Crippen molar-refractivity contribution in [2.24, 2.45) is 16.1 Å². The van der Waals surface area contributed by atoms with E-state index in [9.17, 15) is 22.9 Å². The maximum Gasteiger partial charge on any atom is 0.281 e. The molecular formula is C22H32N5O5PS. The Balaban J connectivity index is 2.08. The number of hydrogen-bond donors (Lipinski definition) is 3. The van der Waals surface area contributed by atoms with Gasteiger partial charge in [-0.25, -0.2) is 17.9 Å². The maximum absolute atomic E-state index is 13.3. The molecule has 3 rings (SSSR count). The molecule has 2 aromatic rings. The predicted octanol–water partition coefficient (Wildman–Crippen LogP) is 2.93. The molecule has 34 heavy (non-hydrogen) atoms. The number of aryl methyl sites for hydroxylation is 1. The van der Waals surface area contributed by atoms with Crippen molar-refractivity contribution in [1.29, 1.82) is 0 Å². The number of benzene rings is 1. The lowest BCUT2D eigenvalue weighted by Gasteiger charge is -2.22. The highest BCUT2D eigenvalue weighted by Gasteiger charge is 2.27. The summed E-state index contributed by atoms with van der Waals surface area (Å²) in [6.45, 7) is 10.5. The zero-order valence-electron chi connectivity index (χ0n) is 20.3. The minimum absolute atomic E-state index is 0.0135. The van der Waals surface area contributed by atoms with E-state index in [4.69, 9.17) is 0 Å². The highest BCUT2D eigenvalue weighted by atomic mass is 32.2. The van der Waals surface area contributed by atoms with Gasteiger partial charge in [0.05, 0.1) is 17.2 Å². The van der Waals surface area contributed by atoms with Gasteiger partial charge in [0.1, 0.15) is 17.1 Å².